The summed E-state index contributed by atoms with van der Waals surface area (Å²) in [6.45, 7) is 0.268. The third-order valence-corrected chi connectivity index (χ3v) is 8.20. The van der Waals surface area contributed by atoms with Gasteiger partial charge in [-0.1, -0.05) is 0 Å². The number of aliphatic hydroxyl groups is 2. The third kappa shape index (κ3) is 5.07. The number of methoxy groups -OCH3 is 1. The van der Waals surface area contributed by atoms with Crippen molar-refractivity contribution in [1.82, 2.24) is 25.4 Å². The van der Waals surface area contributed by atoms with E-state index in [4.69, 9.17) is 4.74 Å². The average molecular weight is 556 g/mol. The summed E-state index contributed by atoms with van der Waals surface area (Å²) in [4.78, 5) is 31.8. The summed E-state index contributed by atoms with van der Waals surface area (Å²) in [5, 5.41) is 29.5. The van der Waals surface area contributed by atoms with Crippen molar-refractivity contribution < 1.29 is 42.1 Å². The maximum absolute atomic E-state index is 14.3. The van der Waals surface area contributed by atoms with Crippen LogP contribution in [0.3, 0.4) is 0 Å². The van der Waals surface area contributed by atoms with E-state index in [2.05, 4.69) is 20.5 Å². The Morgan fingerprint density at radius 3 is 2.59 bits per heavy atom. The number of amides is 2. The van der Waals surface area contributed by atoms with Crippen LogP contribution in [0, 0.1) is 11.7 Å². The van der Waals surface area contributed by atoms with Crippen LogP contribution in [0.5, 0.6) is 5.88 Å². The van der Waals surface area contributed by atoms with Crippen molar-refractivity contribution in [2.24, 2.45) is 5.92 Å². The molecule has 39 heavy (non-hydrogen) atoms. The van der Waals surface area contributed by atoms with Gasteiger partial charge in [0.1, 0.15) is 5.69 Å². The number of alkyl halides is 3. The Balaban J connectivity index is 1.22. The van der Waals surface area contributed by atoms with Crippen LogP contribution < -0.4 is 10.1 Å². The first-order chi connectivity index (χ1) is 18.4. The highest BCUT2D eigenvalue weighted by Crippen LogP contribution is 2.50. The fourth-order valence-electron chi connectivity index (χ4n) is 5.70. The van der Waals surface area contributed by atoms with Crippen molar-refractivity contribution in [1.29, 1.82) is 0 Å². The Kier molecular flexibility index (Phi) is 6.82. The molecule has 14 heteroatoms. The number of hydrogen-bond donors (Lipinski definition) is 4. The average Bonchev–Trinajstić information content (AvgIpc) is 3.46. The first-order valence-corrected chi connectivity index (χ1v) is 12.7. The van der Waals surface area contributed by atoms with Gasteiger partial charge in [-0.15, -0.1) is 0 Å². The van der Waals surface area contributed by atoms with E-state index in [-0.39, 0.29) is 47.6 Å². The molecule has 0 bridgehead atoms. The number of carbonyl (C=O) groups excluding carboxylic acids is 2. The summed E-state index contributed by atoms with van der Waals surface area (Å²) in [5.41, 5.74) is -3.02. The molecule has 4 unspecified atom stereocenters. The number of nitrogens with one attached hydrogen (secondary N) is 2. The summed E-state index contributed by atoms with van der Waals surface area (Å²) in [6.07, 6.45) is -5.06. The number of hydrogen-bond acceptors (Lipinski definition) is 7. The van der Waals surface area contributed by atoms with Gasteiger partial charge >= 0.3 is 6.18 Å². The number of likely N-dealkylation sites (tertiary alicyclic amines) is 1. The van der Waals surface area contributed by atoms with E-state index in [0.717, 1.165) is 6.20 Å². The van der Waals surface area contributed by atoms with Crippen molar-refractivity contribution in [3.05, 3.63) is 29.8 Å². The molecule has 10 nitrogen and oxygen atoms in total. The van der Waals surface area contributed by atoms with Gasteiger partial charge in [-0.05, 0) is 44.6 Å². The van der Waals surface area contributed by atoms with Crippen LogP contribution in [0.1, 0.15) is 55.4 Å². The molecular formula is C25H29F4N5O5. The summed E-state index contributed by atoms with van der Waals surface area (Å²) in [7, 11) is 1.40. The van der Waals surface area contributed by atoms with E-state index in [0.29, 0.717) is 25.7 Å². The number of rotatable bonds is 5. The minimum Gasteiger partial charge on any atom is -0.481 e. The number of nitrogens with zero attached hydrogens (tertiary/aromatic N) is 3. The Bertz CT molecular complexity index is 1270. The number of aliphatic hydroxyl groups excluding tert-OH is 1. The van der Waals surface area contributed by atoms with Crippen molar-refractivity contribution >= 4 is 11.8 Å². The number of pyridine rings is 1. The fraction of sp³-hybridized carbons (Fsp3) is 0.600. The predicted octanol–water partition coefficient (Wildman–Crippen LogP) is 2.33. The minimum atomic E-state index is -4.87. The molecule has 0 radical (unpaired) electrons. The Morgan fingerprint density at radius 1 is 1.21 bits per heavy atom. The lowest BCUT2D eigenvalue weighted by molar-refractivity contribution is -0.279. The van der Waals surface area contributed by atoms with Crippen LogP contribution in [0.25, 0.3) is 11.3 Å². The first-order valence-electron chi connectivity index (χ1n) is 12.7. The molecule has 2 saturated carbocycles. The monoisotopic (exact) mass is 555 g/mol. The van der Waals surface area contributed by atoms with Crippen LogP contribution in [-0.2, 0) is 4.79 Å². The molecule has 3 heterocycles. The van der Waals surface area contributed by atoms with Crippen molar-refractivity contribution in [2.45, 2.75) is 74.4 Å². The molecule has 3 aliphatic rings. The Labute approximate surface area is 220 Å². The summed E-state index contributed by atoms with van der Waals surface area (Å²) in [5.74, 6) is -1.64. The predicted molar refractivity (Wildman–Crippen MR) is 127 cm³/mol. The molecule has 5 rings (SSSR count). The van der Waals surface area contributed by atoms with Crippen LogP contribution in [0.2, 0.25) is 0 Å². The summed E-state index contributed by atoms with van der Waals surface area (Å²) in [6, 6.07) is 1.92. The zero-order valence-corrected chi connectivity index (χ0v) is 21.1. The van der Waals surface area contributed by atoms with E-state index in [1.807, 2.05) is 0 Å². The SMILES string of the molecule is COc1cc(-c2cc(C(=O)N3CCC(C(=O)NC4CCC(O)(C(F)(F)F)CC4O)CC34CC4)[nH]n2)c(F)cn1. The molecule has 4 N–H and O–H groups in total. The zero-order chi connectivity index (χ0) is 28.2. The molecule has 1 spiro atoms. The quantitative estimate of drug-likeness (QED) is 0.415. The second-order valence-corrected chi connectivity index (χ2v) is 10.7. The molecule has 2 aromatic heterocycles. The van der Waals surface area contributed by atoms with Gasteiger partial charge in [0.15, 0.2) is 11.4 Å². The molecule has 1 saturated heterocycles. The van der Waals surface area contributed by atoms with Crippen LogP contribution in [0.4, 0.5) is 17.6 Å². The normalized spacial score (nSPS) is 28.3. The van der Waals surface area contributed by atoms with Crippen molar-refractivity contribution in [3.8, 4) is 17.1 Å². The Morgan fingerprint density at radius 2 is 1.95 bits per heavy atom. The molecule has 3 fully saturated rings. The van der Waals surface area contributed by atoms with E-state index < -0.39 is 54.0 Å². The number of carbonyl (C=O) groups is 2. The fourth-order valence-corrected chi connectivity index (χ4v) is 5.70. The second kappa shape index (κ2) is 9.73. The summed E-state index contributed by atoms with van der Waals surface area (Å²) < 4.78 is 58.7. The first kappa shape index (κ1) is 27.3. The number of aromatic amines is 1. The second-order valence-electron chi connectivity index (χ2n) is 10.7. The smallest absolute Gasteiger partial charge is 0.417 e. The van der Waals surface area contributed by atoms with E-state index >= 15 is 0 Å². The number of piperidine rings is 1. The maximum atomic E-state index is 14.3. The highest BCUT2D eigenvalue weighted by atomic mass is 19.4. The lowest BCUT2D eigenvalue weighted by Crippen LogP contribution is -2.58. The molecule has 212 valence electrons. The topological polar surface area (TPSA) is 141 Å². The van der Waals surface area contributed by atoms with E-state index in [1.54, 1.807) is 4.90 Å². The molecule has 2 aliphatic carbocycles. The number of H-pyrrole nitrogens is 1. The van der Waals surface area contributed by atoms with Gasteiger partial charge in [0.05, 0.1) is 31.1 Å². The van der Waals surface area contributed by atoms with Gasteiger partial charge in [-0.3, -0.25) is 14.7 Å². The lowest BCUT2D eigenvalue weighted by atomic mass is 9.79. The van der Waals surface area contributed by atoms with Gasteiger partial charge in [-0.2, -0.15) is 18.3 Å². The lowest BCUT2D eigenvalue weighted by Gasteiger charge is -2.42. The van der Waals surface area contributed by atoms with Gasteiger partial charge in [0.2, 0.25) is 11.8 Å². The van der Waals surface area contributed by atoms with Crippen molar-refractivity contribution in [2.75, 3.05) is 13.7 Å². The molecular weight excluding hydrogens is 526 g/mol. The number of halogens is 4. The van der Waals surface area contributed by atoms with Crippen LogP contribution >= 0.6 is 0 Å². The van der Waals surface area contributed by atoms with Crippen LogP contribution in [0.15, 0.2) is 18.3 Å². The molecule has 2 amide bonds. The van der Waals surface area contributed by atoms with Crippen molar-refractivity contribution in [3.63, 3.8) is 0 Å². The van der Waals surface area contributed by atoms with Crippen LogP contribution in [-0.4, -0.2) is 85.2 Å². The largest absolute Gasteiger partial charge is 0.481 e. The third-order valence-electron chi connectivity index (χ3n) is 8.20. The standard InChI is InChI=1S/C25H29F4N5O5/c1-39-20-8-14(15(26)12-30-20)17-9-18(33-32-17)22(37)34-7-3-13(10-23(34)5-6-23)21(36)31-16-2-4-24(38,11-19(16)35)25(27,28)29/h8-9,12-13,16,19,35,38H,2-7,10-11H2,1H3,(H,31,36)(H,32,33). The number of aromatic nitrogens is 3. The van der Waals surface area contributed by atoms with E-state index in [9.17, 15) is 37.4 Å². The van der Waals surface area contributed by atoms with E-state index in [1.165, 1.54) is 19.2 Å². The van der Waals surface area contributed by atoms with Gasteiger partial charge in [-0.25, -0.2) is 9.37 Å². The van der Waals surface area contributed by atoms with Gasteiger partial charge in [0, 0.05) is 36.1 Å². The maximum Gasteiger partial charge on any atom is 0.417 e. The highest BCUT2D eigenvalue weighted by molar-refractivity contribution is 5.94. The van der Waals surface area contributed by atoms with Gasteiger partial charge < -0.3 is 25.2 Å². The van der Waals surface area contributed by atoms with Gasteiger partial charge in [0.25, 0.3) is 5.91 Å². The molecule has 2 aromatic rings. The Hall–Kier alpha value is -3.26. The summed E-state index contributed by atoms with van der Waals surface area (Å²) >= 11 is 0. The minimum absolute atomic E-state index is 0.118. The number of ether oxygens (including phenoxy) is 1. The molecule has 0 aromatic carbocycles. The molecule has 4 atom stereocenters. The zero-order valence-electron chi connectivity index (χ0n) is 21.1. The highest BCUT2D eigenvalue weighted by Gasteiger charge is 2.58. The molecule has 1 aliphatic heterocycles.